The van der Waals surface area contributed by atoms with Crippen LogP contribution in [0, 0.1) is 0 Å². The minimum Gasteiger partial charge on any atom is -0.494 e. The average Bonchev–Trinajstić information content (AvgIpc) is 3.19. The van der Waals surface area contributed by atoms with Crippen molar-refractivity contribution in [2.75, 3.05) is 11.9 Å². The number of ether oxygens (including phenoxy) is 1. The van der Waals surface area contributed by atoms with Crippen molar-refractivity contribution < 1.29 is 9.53 Å². The average molecular weight is 349 g/mol. The molecule has 3 aromatic rings. The number of anilines is 1. The first kappa shape index (κ1) is 17.7. The number of amides is 1. The van der Waals surface area contributed by atoms with Gasteiger partial charge in [-0.2, -0.15) is 0 Å². The number of unbranched alkanes of at least 4 members (excludes halogenated alkanes) is 2. The zero-order valence-corrected chi connectivity index (χ0v) is 14.7. The molecular weight excluding hydrogens is 326 g/mol. The molecule has 0 spiro atoms. The largest absolute Gasteiger partial charge is 0.494 e. The zero-order valence-electron chi connectivity index (χ0n) is 14.7. The predicted molar refractivity (Wildman–Crippen MR) is 102 cm³/mol. The molecule has 0 radical (unpaired) electrons. The lowest BCUT2D eigenvalue weighted by atomic mass is 10.2. The quantitative estimate of drug-likeness (QED) is 0.583. The number of carbonyl (C=O) groups is 1. The molecule has 3 rings (SSSR count). The number of hydrogen-bond acceptors (Lipinski definition) is 3. The van der Waals surface area contributed by atoms with Gasteiger partial charge in [0.2, 0.25) is 0 Å². The van der Waals surface area contributed by atoms with E-state index < -0.39 is 0 Å². The normalized spacial score (nSPS) is 10.5. The van der Waals surface area contributed by atoms with E-state index in [1.165, 1.54) is 0 Å². The van der Waals surface area contributed by atoms with E-state index >= 15 is 0 Å². The summed E-state index contributed by atoms with van der Waals surface area (Å²) in [6.07, 6.45) is 8.81. The Morgan fingerprint density at radius 3 is 2.73 bits per heavy atom. The van der Waals surface area contributed by atoms with Gasteiger partial charge in [-0.15, -0.1) is 0 Å². The molecule has 5 nitrogen and oxygen atoms in total. The van der Waals surface area contributed by atoms with Crippen molar-refractivity contribution in [1.82, 2.24) is 9.55 Å². The van der Waals surface area contributed by atoms with Gasteiger partial charge < -0.3 is 14.6 Å². The van der Waals surface area contributed by atoms with Gasteiger partial charge in [0.05, 0.1) is 12.9 Å². The molecule has 0 saturated heterocycles. The highest BCUT2D eigenvalue weighted by atomic mass is 16.5. The molecule has 0 fully saturated rings. The molecule has 0 atom stereocenters. The Morgan fingerprint density at radius 2 is 1.92 bits per heavy atom. The molecule has 2 aromatic carbocycles. The van der Waals surface area contributed by atoms with Gasteiger partial charge in [0.15, 0.2) is 0 Å². The highest BCUT2D eigenvalue weighted by molar-refractivity contribution is 6.04. The Morgan fingerprint density at radius 1 is 1.04 bits per heavy atom. The third-order valence-electron chi connectivity index (χ3n) is 4.02. The number of nitrogens with one attached hydrogen (secondary N) is 1. The van der Waals surface area contributed by atoms with E-state index in [0.717, 1.165) is 37.2 Å². The maximum absolute atomic E-state index is 12.2. The molecule has 0 bridgehead atoms. The summed E-state index contributed by atoms with van der Waals surface area (Å²) in [6.45, 7) is 1.65. The molecule has 134 valence electrons. The Bertz CT molecular complexity index is 801. The molecule has 1 N–H and O–H groups in total. The van der Waals surface area contributed by atoms with Crippen molar-refractivity contribution in [3.05, 3.63) is 78.9 Å². The predicted octanol–water partition coefficient (Wildman–Crippen LogP) is 4.38. The Hall–Kier alpha value is -3.08. The fourth-order valence-corrected chi connectivity index (χ4v) is 2.64. The van der Waals surface area contributed by atoms with Crippen molar-refractivity contribution in [3.63, 3.8) is 0 Å². The van der Waals surface area contributed by atoms with E-state index in [1.54, 1.807) is 18.3 Å². The van der Waals surface area contributed by atoms with E-state index in [1.807, 2.05) is 55.0 Å². The van der Waals surface area contributed by atoms with Crippen molar-refractivity contribution in [3.8, 4) is 5.75 Å². The lowest BCUT2D eigenvalue weighted by molar-refractivity contribution is 0.102. The minimum atomic E-state index is -0.123. The van der Waals surface area contributed by atoms with Gasteiger partial charge in [0, 0.05) is 36.3 Å². The summed E-state index contributed by atoms with van der Waals surface area (Å²) in [6, 6.07) is 16.7. The van der Waals surface area contributed by atoms with E-state index in [0.29, 0.717) is 12.2 Å². The lowest BCUT2D eigenvalue weighted by Crippen LogP contribution is -2.11. The summed E-state index contributed by atoms with van der Waals surface area (Å²) >= 11 is 0. The zero-order chi connectivity index (χ0) is 18.0. The molecule has 1 heterocycles. The second-order valence-corrected chi connectivity index (χ2v) is 6.06. The summed E-state index contributed by atoms with van der Waals surface area (Å²) in [4.78, 5) is 16.2. The van der Waals surface area contributed by atoms with Gasteiger partial charge in [-0.1, -0.05) is 24.3 Å². The Kier molecular flexibility index (Phi) is 6.42. The van der Waals surface area contributed by atoms with Gasteiger partial charge in [-0.25, -0.2) is 4.98 Å². The van der Waals surface area contributed by atoms with E-state index in [4.69, 9.17) is 4.74 Å². The molecule has 0 aliphatic rings. The van der Waals surface area contributed by atoms with Gasteiger partial charge >= 0.3 is 0 Å². The van der Waals surface area contributed by atoms with Crippen molar-refractivity contribution >= 4 is 11.6 Å². The van der Waals surface area contributed by atoms with Gasteiger partial charge in [-0.05, 0) is 43.5 Å². The van der Waals surface area contributed by atoms with Crippen LogP contribution in [0.4, 0.5) is 5.69 Å². The number of nitrogens with zero attached hydrogens (tertiary/aromatic N) is 2. The number of rotatable bonds is 9. The topological polar surface area (TPSA) is 56.1 Å². The van der Waals surface area contributed by atoms with Gasteiger partial charge in [-0.3, -0.25) is 4.79 Å². The number of imidazole rings is 1. The first-order valence-electron chi connectivity index (χ1n) is 8.86. The molecule has 5 heteroatoms. The summed E-state index contributed by atoms with van der Waals surface area (Å²) in [7, 11) is 0. The number of carbonyl (C=O) groups excluding carboxylic acids is 1. The number of benzene rings is 2. The molecule has 0 unspecified atom stereocenters. The van der Waals surface area contributed by atoms with Crippen LogP contribution in [0.15, 0.2) is 73.3 Å². The summed E-state index contributed by atoms with van der Waals surface area (Å²) in [5, 5.41) is 2.90. The molecule has 0 saturated carbocycles. The Labute approximate surface area is 153 Å². The summed E-state index contributed by atoms with van der Waals surface area (Å²) in [5.41, 5.74) is 1.37. The van der Waals surface area contributed by atoms with Crippen LogP contribution in [-0.2, 0) is 6.54 Å². The van der Waals surface area contributed by atoms with Crippen LogP contribution in [0.25, 0.3) is 0 Å². The fourth-order valence-electron chi connectivity index (χ4n) is 2.64. The van der Waals surface area contributed by atoms with E-state index in [-0.39, 0.29) is 5.91 Å². The van der Waals surface area contributed by atoms with E-state index in [2.05, 4.69) is 14.9 Å². The van der Waals surface area contributed by atoms with Crippen molar-refractivity contribution in [2.24, 2.45) is 0 Å². The number of hydrogen-bond donors (Lipinski definition) is 1. The summed E-state index contributed by atoms with van der Waals surface area (Å²) in [5.74, 6) is 0.646. The maximum Gasteiger partial charge on any atom is 0.255 e. The third kappa shape index (κ3) is 5.48. The standard InChI is InChI=1S/C21H23N3O2/c25-21(18-8-3-1-4-9-18)23-19-10-7-11-20(16-19)26-15-6-2-5-13-24-14-12-22-17-24/h1,3-4,7-12,14,16-17H,2,5-6,13,15H2,(H,23,25). The SMILES string of the molecule is O=C(Nc1cccc(OCCCCCn2ccnc2)c1)c1ccccc1. The van der Waals surface area contributed by atoms with Gasteiger partial charge in [0.1, 0.15) is 5.75 Å². The summed E-state index contributed by atoms with van der Waals surface area (Å²) < 4.78 is 7.88. The molecular formula is C21H23N3O2. The Balaban J connectivity index is 1.40. The highest BCUT2D eigenvalue weighted by Gasteiger charge is 2.05. The van der Waals surface area contributed by atoms with Crippen LogP contribution in [0.3, 0.4) is 0 Å². The first-order valence-corrected chi connectivity index (χ1v) is 8.86. The number of aromatic nitrogens is 2. The van der Waals surface area contributed by atoms with Crippen molar-refractivity contribution in [2.45, 2.75) is 25.8 Å². The molecule has 0 aliphatic carbocycles. The smallest absolute Gasteiger partial charge is 0.255 e. The van der Waals surface area contributed by atoms with Crippen LogP contribution in [0.5, 0.6) is 5.75 Å². The third-order valence-corrected chi connectivity index (χ3v) is 4.02. The van der Waals surface area contributed by atoms with Crippen LogP contribution in [0.1, 0.15) is 29.6 Å². The second kappa shape index (κ2) is 9.42. The highest BCUT2D eigenvalue weighted by Crippen LogP contribution is 2.18. The molecule has 1 aromatic heterocycles. The molecule has 0 aliphatic heterocycles. The lowest BCUT2D eigenvalue weighted by Gasteiger charge is -2.09. The first-order chi connectivity index (χ1) is 12.8. The second-order valence-electron chi connectivity index (χ2n) is 6.06. The number of aryl methyl sites for hydroxylation is 1. The maximum atomic E-state index is 12.2. The van der Waals surface area contributed by atoms with Gasteiger partial charge in [0.25, 0.3) is 5.91 Å². The van der Waals surface area contributed by atoms with Crippen LogP contribution in [0.2, 0.25) is 0 Å². The van der Waals surface area contributed by atoms with Crippen molar-refractivity contribution in [1.29, 1.82) is 0 Å². The van der Waals surface area contributed by atoms with E-state index in [9.17, 15) is 4.79 Å². The minimum absolute atomic E-state index is 0.123. The molecule has 1 amide bonds. The van der Waals surface area contributed by atoms with Crippen LogP contribution < -0.4 is 10.1 Å². The monoisotopic (exact) mass is 349 g/mol. The van der Waals surface area contributed by atoms with Crippen LogP contribution >= 0.6 is 0 Å². The van der Waals surface area contributed by atoms with Crippen LogP contribution in [-0.4, -0.2) is 22.1 Å². The molecule has 26 heavy (non-hydrogen) atoms. The fraction of sp³-hybridized carbons (Fsp3) is 0.238.